The molecule has 5 nitrogen and oxygen atoms in total. The molecule has 0 saturated heterocycles. The molecule has 20 heavy (non-hydrogen) atoms. The number of aliphatic hydroxyl groups is 1. The Labute approximate surface area is 127 Å². The Hall–Kier alpha value is -1.27. The number of aryl methyl sites for hydroxylation is 1. The number of amides is 2. The summed E-state index contributed by atoms with van der Waals surface area (Å²) in [5.74, 6) is 0.587. The third-order valence-corrected chi connectivity index (χ3v) is 3.68. The van der Waals surface area contributed by atoms with E-state index < -0.39 is 0 Å². The quantitative estimate of drug-likeness (QED) is 0.769. The lowest BCUT2D eigenvalue weighted by atomic mass is 10.1. The van der Waals surface area contributed by atoms with Gasteiger partial charge in [0.25, 0.3) is 0 Å². The number of ether oxygens (including phenoxy) is 1. The van der Waals surface area contributed by atoms with Gasteiger partial charge >= 0.3 is 6.03 Å². The van der Waals surface area contributed by atoms with Gasteiger partial charge in [-0.3, -0.25) is 0 Å². The molecule has 0 radical (unpaired) electrons. The fraction of sp³-hybridized carbons (Fsp3) is 0.500. The zero-order valence-electron chi connectivity index (χ0n) is 12.2. The summed E-state index contributed by atoms with van der Waals surface area (Å²) in [4.78, 5) is 12.0. The van der Waals surface area contributed by atoms with Crippen LogP contribution in [0.3, 0.4) is 0 Å². The van der Waals surface area contributed by atoms with Crippen LogP contribution in [0, 0.1) is 12.8 Å². The van der Waals surface area contributed by atoms with E-state index in [2.05, 4.69) is 26.6 Å². The van der Waals surface area contributed by atoms with Gasteiger partial charge < -0.3 is 20.5 Å². The molecular formula is C14H21BrN2O3. The van der Waals surface area contributed by atoms with Crippen LogP contribution in [0.25, 0.3) is 0 Å². The number of anilines is 1. The lowest BCUT2D eigenvalue weighted by Gasteiger charge is -2.20. The lowest BCUT2D eigenvalue weighted by molar-refractivity contribution is 0.204. The Balaban J connectivity index is 2.81. The summed E-state index contributed by atoms with van der Waals surface area (Å²) in [6.07, 6.45) is 0. The maximum Gasteiger partial charge on any atom is 0.319 e. The number of methoxy groups -OCH3 is 1. The van der Waals surface area contributed by atoms with Gasteiger partial charge in [-0.15, -0.1) is 0 Å². The molecule has 2 atom stereocenters. The van der Waals surface area contributed by atoms with Gasteiger partial charge in [0.05, 0.1) is 12.8 Å². The summed E-state index contributed by atoms with van der Waals surface area (Å²) in [5, 5.41) is 14.7. The SMILES string of the molecule is COc1cc(Br)cc(C)c1NC(=O)NC(C)C(C)CO. The van der Waals surface area contributed by atoms with Crippen molar-refractivity contribution in [3.8, 4) is 5.75 Å². The third kappa shape index (κ3) is 4.38. The highest BCUT2D eigenvalue weighted by Crippen LogP contribution is 2.31. The zero-order chi connectivity index (χ0) is 15.3. The molecule has 0 aliphatic rings. The smallest absolute Gasteiger partial charge is 0.319 e. The van der Waals surface area contributed by atoms with Crippen molar-refractivity contribution in [2.45, 2.75) is 26.8 Å². The molecule has 3 N–H and O–H groups in total. The number of carbonyl (C=O) groups excluding carboxylic acids is 1. The predicted octanol–water partition coefficient (Wildman–Crippen LogP) is 2.90. The van der Waals surface area contributed by atoms with Crippen molar-refractivity contribution < 1.29 is 14.6 Å². The van der Waals surface area contributed by atoms with Crippen LogP contribution in [0.4, 0.5) is 10.5 Å². The minimum Gasteiger partial charge on any atom is -0.495 e. The molecule has 0 saturated carbocycles. The third-order valence-electron chi connectivity index (χ3n) is 3.22. The molecule has 1 aromatic carbocycles. The molecule has 0 aliphatic carbocycles. The van der Waals surface area contributed by atoms with E-state index in [1.165, 1.54) is 0 Å². The second-order valence-corrected chi connectivity index (χ2v) is 5.76. The minimum atomic E-state index is -0.318. The van der Waals surface area contributed by atoms with Crippen molar-refractivity contribution in [2.75, 3.05) is 19.0 Å². The average Bonchev–Trinajstić information content (AvgIpc) is 2.40. The molecule has 0 bridgehead atoms. The molecule has 1 aromatic rings. The highest BCUT2D eigenvalue weighted by molar-refractivity contribution is 9.10. The Morgan fingerprint density at radius 2 is 2.10 bits per heavy atom. The Morgan fingerprint density at radius 1 is 1.45 bits per heavy atom. The molecule has 2 amide bonds. The van der Waals surface area contributed by atoms with Crippen LogP contribution in [0.2, 0.25) is 0 Å². The van der Waals surface area contributed by atoms with Crippen molar-refractivity contribution in [3.05, 3.63) is 22.2 Å². The van der Waals surface area contributed by atoms with Gasteiger partial charge in [0.2, 0.25) is 0 Å². The summed E-state index contributed by atoms with van der Waals surface area (Å²) in [7, 11) is 1.56. The summed E-state index contributed by atoms with van der Waals surface area (Å²) < 4.78 is 6.16. The standard InChI is InChI=1S/C14H21BrN2O3/c1-8-5-11(15)6-12(20-4)13(8)17-14(19)16-10(3)9(2)7-18/h5-6,9-10,18H,7H2,1-4H3,(H2,16,17,19). The molecular weight excluding hydrogens is 324 g/mol. The molecule has 0 spiro atoms. The summed E-state index contributed by atoms with van der Waals surface area (Å²) >= 11 is 3.39. The fourth-order valence-corrected chi connectivity index (χ4v) is 2.24. The van der Waals surface area contributed by atoms with Crippen LogP contribution >= 0.6 is 15.9 Å². The van der Waals surface area contributed by atoms with E-state index in [-0.39, 0.29) is 24.6 Å². The maximum absolute atomic E-state index is 12.0. The van der Waals surface area contributed by atoms with E-state index >= 15 is 0 Å². The Kier molecular flexibility index (Phi) is 6.29. The Bertz CT molecular complexity index is 480. The first-order valence-corrected chi connectivity index (χ1v) is 7.20. The van der Waals surface area contributed by atoms with E-state index in [0.717, 1.165) is 10.0 Å². The molecule has 112 valence electrons. The number of benzene rings is 1. The van der Waals surface area contributed by atoms with E-state index in [1.54, 1.807) is 13.2 Å². The topological polar surface area (TPSA) is 70.6 Å². The normalized spacial score (nSPS) is 13.5. The van der Waals surface area contributed by atoms with E-state index in [0.29, 0.717) is 11.4 Å². The number of halogens is 1. The average molecular weight is 345 g/mol. The first-order valence-electron chi connectivity index (χ1n) is 6.41. The van der Waals surface area contributed by atoms with Crippen molar-refractivity contribution in [3.63, 3.8) is 0 Å². The van der Waals surface area contributed by atoms with Crippen LogP contribution in [0.5, 0.6) is 5.75 Å². The molecule has 1 rings (SSSR count). The maximum atomic E-state index is 12.0. The molecule has 0 aliphatic heterocycles. The van der Waals surface area contributed by atoms with Crippen LogP contribution in [-0.2, 0) is 0 Å². The minimum absolute atomic E-state index is 0.00587. The number of nitrogens with one attached hydrogen (secondary N) is 2. The fourth-order valence-electron chi connectivity index (χ4n) is 1.69. The van der Waals surface area contributed by atoms with Gasteiger partial charge in [0.1, 0.15) is 5.75 Å². The highest BCUT2D eigenvalue weighted by Gasteiger charge is 2.16. The first-order chi connectivity index (χ1) is 9.38. The number of aliphatic hydroxyl groups excluding tert-OH is 1. The predicted molar refractivity (Wildman–Crippen MR) is 83.3 cm³/mol. The Morgan fingerprint density at radius 3 is 2.65 bits per heavy atom. The van der Waals surface area contributed by atoms with Crippen molar-refractivity contribution in [1.29, 1.82) is 0 Å². The zero-order valence-corrected chi connectivity index (χ0v) is 13.7. The number of hydrogen-bond donors (Lipinski definition) is 3. The van der Waals surface area contributed by atoms with Gasteiger partial charge in [-0.05, 0) is 37.5 Å². The largest absolute Gasteiger partial charge is 0.495 e. The molecule has 2 unspecified atom stereocenters. The highest BCUT2D eigenvalue weighted by atomic mass is 79.9. The molecule has 0 fully saturated rings. The summed E-state index contributed by atoms with van der Waals surface area (Å²) in [5.41, 5.74) is 1.53. The van der Waals surface area contributed by atoms with Crippen LogP contribution in [0.15, 0.2) is 16.6 Å². The second-order valence-electron chi connectivity index (χ2n) is 4.85. The van der Waals surface area contributed by atoms with Crippen LogP contribution < -0.4 is 15.4 Å². The van der Waals surface area contributed by atoms with E-state index in [4.69, 9.17) is 9.84 Å². The number of urea groups is 1. The molecule has 0 heterocycles. The van der Waals surface area contributed by atoms with Gasteiger partial charge in [0, 0.05) is 17.1 Å². The molecule has 6 heteroatoms. The second kappa shape index (κ2) is 7.50. The lowest BCUT2D eigenvalue weighted by Crippen LogP contribution is -2.41. The van der Waals surface area contributed by atoms with Crippen LogP contribution in [-0.4, -0.2) is 30.9 Å². The van der Waals surface area contributed by atoms with Crippen molar-refractivity contribution >= 4 is 27.6 Å². The van der Waals surface area contributed by atoms with Crippen LogP contribution in [0.1, 0.15) is 19.4 Å². The number of rotatable bonds is 5. The van der Waals surface area contributed by atoms with Gasteiger partial charge in [-0.1, -0.05) is 22.9 Å². The van der Waals surface area contributed by atoms with E-state index in [1.807, 2.05) is 26.8 Å². The first kappa shape index (κ1) is 16.8. The summed E-state index contributed by atoms with van der Waals surface area (Å²) in [6, 6.07) is 3.25. The number of carbonyl (C=O) groups is 1. The van der Waals surface area contributed by atoms with Gasteiger partial charge in [-0.25, -0.2) is 4.79 Å². The van der Waals surface area contributed by atoms with Crippen molar-refractivity contribution in [2.24, 2.45) is 5.92 Å². The van der Waals surface area contributed by atoms with E-state index in [9.17, 15) is 4.79 Å². The van der Waals surface area contributed by atoms with Crippen molar-refractivity contribution in [1.82, 2.24) is 5.32 Å². The summed E-state index contributed by atoms with van der Waals surface area (Å²) in [6.45, 7) is 5.65. The molecule has 0 aromatic heterocycles. The van der Waals surface area contributed by atoms with Gasteiger partial charge in [0.15, 0.2) is 0 Å². The van der Waals surface area contributed by atoms with Gasteiger partial charge in [-0.2, -0.15) is 0 Å². The number of hydrogen-bond acceptors (Lipinski definition) is 3. The monoisotopic (exact) mass is 344 g/mol.